The summed E-state index contributed by atoms with van der Waals surface area (Å²) < 4.78 is 7.15. The highest BCUT2D eigenvalue weighted by Gasteiger charge is 2.44. The lowest BCUT2D eigenvalue weighted by Gasteiger charge is -2.16. The number of hydrogen-bond acceptors (Lipinski definition) is 10. The van der Waals surface area contributed by atoms with Crippen molar-refractivity contribution in [3.8, 4) is 0 Å². The maximum Gasteiger partial charge on any atom is 0.276 e. The van der Waals surface area contributed by atoms with Gasteiger partial charge in [0, 0.05) is 12.4 Å². The predicted molar refractivity (Wildman–Crippen MR) is 93.3 cm³/mol. The van der Waals surface area contributed by atoms with Crippen LogP contribution in [0.25, 0.3) is 11.2 Å². The number of rotatable bonds is 5. The van der Waals surface area contributed by atoms with E-state index in [0.717, 1.165) is 0 Å². The number of anilines is 1. The molecule has 1 fully saturated rings. The molecule has 0 spiro atoms. The third-order valence-corrected chi connectivity index (χ3v) is 4.33. The van der Waals surface area contributed by atoms with Crippen molar-refractivity contribution in [3.63, 3.8) is 0 Å². The van der Waals surface area contributed by atoms with Gasteiger partial charge >= 0.3 is 0 Å². The van der Waals surface area contributed by atoms with Gasteiger partial charge in [-0.1, -0.05) is 0 Å². The van der Waals surface area contributed by atoms with E-state index in [2.05, 4.69) is 25.4 Å². The van der Waals surface area contributed by atoms with Crippen molar-refractivity contribution in [1.82, 2.24) is 30.0 Å². The molecule has 1 aliphatic heterocycles. The highest BCUT2D eigenvalue weighted by Crippen LogP contribution is 2.31. The van der Waals surface area contributed by atoms with E-state index < -0.39 is 30.4 Å². The minimum atomic E-state index is -1.27. The summed E-state index contributed by atoms with van der Waals surface area (Å²) in [6, 6.07) is 3.19. The Morgan fingerprint density at radius 1 is 1.32 bits per heavy atom. The molecule has 4 heterocycles. The highest BCUT2D eigenvalue weighted by atomic mass is 16.7. The number of nitrogen functional groups attached to an aromatic ring is 1. The van der Waals surface area contributed by atoms with Crippen molar-refractivity contribution in [2.24, 2.45) is 0 Å². The normalized spacial score (nSPS) is 24.5. The maximum absolute atomic E-state index is 11.9. The molecule has 4 rings (SSSR count). The van der Waals surface area contributed by atoms with E-state index in [1.54, 1.807) is 18.3 Å². The van der Waals surface area contributed by atoms with E-state index in [-0.39, 0.29) is 12.4 Å². The van der Waals surface area contributed by atoms with Crippen LogP contribution in [0.15, 0.2) is 37.2 Å². The number of nitrogens with two attached hydrogens (primary N) is 1. The highest BCUT2D eigenvalue weighted by molar-refractivity contribution is 5.93. The molecular weight excluding hydrogens is 370 g/mol. The van der Waals surface area contributed by atoms with Crippen molar-refractivity contribution in [2.75, 3.05) is 12.3 Å². The van der Waals surface area contributed by atoms with Crippen LogP contribution in [-0.4, -0.2) is 65.5 Å². The second-order valence-corrected chi connectivity index (χ2v) is 6.11. The number of imidazole rings is 1. The Morgan fingerprint density at radius 2 is 2.18 bits per heavy atom. The molecule has 0 radical (unpaired) electrons. The molecule has 28 heavy (non-hydrogen) atoms. The summed E-state index contributed by atoms with van der Waals surface area (Å²) in [5.41, 5.74) is 9.02. The molecule has 1 saturated heterocycles. The van der Waals surface area contributed by atoms with Gasteiger partial charge in [-0.2, -0.15) is 0 Å². The smallest absolute Gasteiger partial charge is 0.276 e. The quantitative estimate of drug-likeness (QED) is 0.389. The van der Waals surface area contributed by atoms with Gasteiger partial charge in [-0.3, -0.25) is 19.2 Å². The molecule has 0 bridgehead atoms. The lowest BCUT2D eigenvalue weighted by atomic mass is 10.1. The minimum absolute atomic E-state index is 0.190. The Balaban J connectivity index is 1.42. The number of amides is 1. The second kappa shape index (κ2) is 7.44. The zero-order valence-corrected chi connectivity index (χ0v) is 14.4. The topological polar surface area (TPSA) is 171 Å². The van der Waals surface area contributed by atoms with E-state index in [9.17, 15) is 15.0 Å². The number of pyridine rings is 1. The summed E-state index contributed by atoms with van der Waals surface area (Å²) in [6.07, 6.45) is 1.21. The number of aromatic nitrogens is 5. The lowest BCUT2D eigenvalue weighted by Crippen LogP contribution is -2.36. The fraction of sp³-hybridized carbons (Fsp3) is 0.312. The Hall–Kier alpha value is -3.19. The molecule has 12 heteroatoms. The van der Waals surface area contributed by atoms with Crippen molar-refractivity contribution in [1.29, 1.82) is 0 Å². The third kappa shape index (κ3) is 3.25. The van der Waals surface area contributed by atoms with Crippen LogP contribution in [-0.2, 0) is 9.57 Å². The molecule has 1 amide bonds. The van der Waals surface area contributed by atoms with Crippen molar-refractivity contribution >= 4 is 22.9 Å². The Bertz CT molecular complexity index is 982. The molecule has 1 aliphatic rings. The first-order valence-electron chi connectivity index (χ1n) is 8.33. The van der Waals surface area contributed by atoms with E-state index >= 15 is 0 Å². The van der Waals surface area contributed by atoms with Crippen LogP contribution in [0.3, 0.4) is 0 Å². The molecule has 146 valence electrons. The summed E-state index contributed by atoms with van der Waals surface area (Å²) in [5, 5.41) is 20.6. The fourth-order valence-electron chi connectivity index (χ4n) is 2.90. The maximum atomic E-state index is 11.9. The number of carbonyl (C=O) groups excluding carboxylic acids is 1. The van der Waals surface area contributed by atoms with Gasteiger partial charge in [0.05, 0.1) is 11.9 Å². The van der Waals surface area contributed by atoms with Crippen LogP contribution in [0, 0.1) is 0 Å². The van der Waals surface area contributed by atoms with Crippen molar-refractivity contribution in [3.05, 3.63) is 42.7 Å². The molecule has 3 aromatic rings. The van der Waals surface area contributed by atoms with E-state index in [1.807, 2.05) is 0 Å². The standard InChI is InChI=1S/C16H17N7O5/c17-13-10-14(20-6-19-13)23(7-21-10)16-12(25)11(24)9(28-16)5-27-22-15(26)8-2-1-3-18-4-8/h1-4,6-7,9,11-12,16,24-25H,5H2,(H,22,26)(H2,17,19,20)/t9-,11-,12-,16-/m1/s1. The Labute approximate surface area is 157 Å². The van der Waals surface area contributed by atoms with E-state index in [0.29, 0.717) is 16.7 Å². The molecular formula is C16H17N7O5. The van der Waals surface area contributed by atoms with Crippen LogP contribution in [0.5, 0.6) is 0 Å². The SMILES string of the molecule is Nc1ncnc2c1ncn2[C@@H]1O[C@H](CONC(=O)c2cccnc2)[C@@H](O)[C@H]1O. The summed E-state index contributed by atoms with van der Waals surface area (Å²) in [4.78, 5) is 33.0. The van der Waals surface area contributed by atoms with Gasteiger partial charge in [0.1, 0.15) is 36.8 Å². The van der Waals surface area contributed by atoms with Crippen LogP contribution >= 0.6 is 0 Å². The predicted octanol–water partition coefficient (Wildman–Crippen LogP) is -1.22. The first-order valence-corrected chi connectivity index (χ1v) is 8.33. The first-order chi connectivity index (χ1) is 13.6. The lowest BCUT2D eigenvalue weighted by molar-refractivity contribution is -0.0802. The van der Waals surface area contributed by atoms with Crippen LogP contribution < -0.4 is 11.2 Å². The number of aliphatic hydroxyl groups is 2. The van der Waals surface area contributed by atoms with Gasteiger partial charge in [0.15, 0.2) is 17.7 Å². The average molecular weight is 387 g/mol. The van der Waals surface area contributed by atoms with Gasteiger partial charge in [0.25, 0.3) is 5.91 Å². The Kier molecular flexibility index (Phi) is 4.83. The fourth-order valence-corrected chi connectivity index (χ4v) is 2.90. The van der Waals surface area contributed by atoms with Crippen molar-refractivity contribution in [2.45, 2.75) is 24.5 Å². The number of nitrogens with zero attached hydrogens (tertiary/aromatic N) is 5. The molecule has 4 atom stereocenters. The zero-order valence-electron chi connectivity index (χ0n) is 14.4. The number of carbonyl (C=O) groups is 1. The summed E-state index contributed by atoms with van der Waals surface area (Å²) >= 11 is 0. The second-order valence-electron chi connectivity index (χ2n) is 6.11. The number of hydroxylamine groups is 1. The third-order valence-electron chi connectivity index (χ3n) is 4.33. The molecule has 3 aromatic heterocycles. The van der Waals surface area contributed by atoms with Crippen LogP contribution in [0.1, 0.15) is 16.6 Å². The van der Waals surface area contributed by atoms with Gasteiger partial charge in [-0.25, -0.2) is 20.4 Å². The number of nitrogens with one attached hydrogen (secondary N) is 1. The van der Waals surface area contributed by atoms with Gasteiger partial charge in [-0.05, 0) is 12.1 Å². The van der Waals surface area contributed by atoms with Gasteiger partial charge in [-0.15, -0.1) is 0 Å². The summed E-state index contributed by atoms with van der Waals surface area (Å²) in [7, 11) is 0. The molecule has 0 saturated carbocycles. The Morgan fingerprint density at radius 3 is 2.96 bits per heavy atom. The monoisotopic (exact) mass is 387 g/mol. The molecule has 0 aliphatic carbocycles. The number of aliphatic hydroxyl groups excluding tert-OH is 2. The summed E-state index contributed by atoms with van der Waals surface area (Å²) in [6.45, 7) is -0.190. The van der Waals surface area contributed by atoms with Crippen LogP contribution in [0.2, 0.25) is 0 Å². The molecule has 0 aromatic carbocycles. The number of hydrogen-bond donors (Lipinski definition) is 4. The molecule has 0 unspecified atom stereocenters. The largest absolute Gasteiger partial charge is 0.387 e. The van der Waals surface area contributed by atoms with Crippen LogP contribution in [0.4, 0.5) is 5.82 Å². The van der Waals surface area contributed by atoms with Gasteiger partial charge < -0.3 is 20.7 Å². The first kappa shape index (κ1) is 18.2. The summed E-state index contributed by atoms with van der Waals surface area (Å²) in [5.74, 6) is -0.305. The van der Waals surface area contributed by atoms with Gasteiger partial charge in [0.2, 0.25) is 0 Å². The molecule has 12 nitrogen and oxygen atoms in total. The van der Waals surface area contributed by atoms with E-state index in [1.165, 1.54) is 23.4 Å². The number of fused-ring (bicyclic) bond motifs is 1. The zero-order chi connectivity index (χ0) is 19.7. The minimum Gasteiger partial charge on any atom is -0.387 e. The van der Waals surface area contributed by atoms with Crippen molar-refractivity contribution < 1.29 is 24.6 Å². The van der Waals surface area contributed by atoms with E-state index in [4.69, 9.17) is 15.3 Å². The number of ether oxygens (including phenoxy) is 1. The average Bonchev–Trinajstić information content (AvgIpc) is 3.26. The molecule has 5 N–H and O–H groups in total.